The van der Waals surface area contributed by atoms with Gasteiger partial charge in [0.05, 0.1) is 16.5 Å². The second-order valence-electron chi connectivity index (χ2n) is 3.78. The molecule has 0 aliphatic rings. The number of benzene rings is 1. The van der Waals surface area contributed by atoms with E-state index in [0.29, 0.717) is 0 Å². The van der Waals surface area contributed by atoms with Crippen molar-refractivity contribution in [2.24, 2.45) is 0 Å². The van der Waals surface area contributed by atoms with Crippen LogP contribution in [-0.2, 0) is 19.6 Å². The highest BCUT2D eigenvalue weighted by molar-refractivity contribution is 7.89. The zero-order valence-corrected chi connectivity index (χ0v) is 12.3. The van der Waals surface area contributed by atoms with Crippen molar-refractivity contribution in [1.82, 2.24) is 4.72 Å². The summed E-state index contributed by atoms with van der Waals surface area (Å²) in [4.78, 5) is 20.6. The Balaban J connectivity index is 3.20. The van der Waals surface area contributed by atoms with Gasteiger partial charge in [0.15, 0.2) is 5.82 Å². The number of nitrogens with one attached hydrogen (secondary N) is 1. The maximum atomic E-state index is 13.5. The summed E-state index contributed by atoms with van der Waals surface area (Å²) in [6.07, 6.45) is -0.998. The summed E-state index contributed by atoms with van der Waals surface area (Å²) in [6.45, 7) is 0. The zero-order chi connectivity index (χ0) is 16.4. The van der Waals surface area contributed by atoms with E-state index in [1.807, 2.05) is 0 Å². The molecule has 1 aromatic rings. The van der Waals surface area contributed by atoms with Crippen LogP contribution >= 0.6 is 23.2 Å². The number of sulfonamides is 1. The summed E-state index contributed by atoms with van der Waals surface area (Å²) < 4.78 is 39.0. The van der Waals surface area contributed by atoms with Gasteiger partial charge in [0.1, 0.15) is 10.9 Å². The van der Waals surface area contributed by atoms with Gasteiger partial charge in [-0.05, 0) is 12.1 Å². The second kappa shape index (κ2) is 6.56. The summed E-state index contributed by atoms with van der Waals surface area (Å²) in [6, 6.07) is -0.137. The molecule has 0 radical (unpaired) electrons. The van der Waals surface area contributed by atoms with E-state index in [9.17, 15) is 22.4 Å². The fourth-order valence-electron chi connectivity index (χ4n) is 1.32. The molecular weight excluding hydrogens is 352 g/mol. The van der Waals surface area contributed by atoms with Crippen LogP contribution in [0.1, 0.15) is 6.42 Å². The molecule has 11 heteroatoms. The largest absolute Gasteiger partial charge is 0.481 e. The number of aliphatic carboxylic acids is 2. The van der Waals surface area contributed by atoms with Gasteiger partial charge >= 0.3 is 11.9 Å². The van der Waals surface area contributed by atoms with Crippen molar-refractivity contribution in [2.45, 2.75) is 17.4 Å². The maximum absolute atomic E-state index is 13.5. The number of carboxylic acids is 2. The number of hydrogen-bond acceptors (Lipinski definition) is 4. The lowest BCUT2D eigenvalue weighted by Gasteiger charge is -2.14. The van der Waals surface area contributed by atoms with Crippen LogP contribution in [0.5, 0.6) is 0 Å². The Morgan fingerprint density at radius 2 is 1.86 bits per heavy atom. The molecule has 0 aliphatic carbocycles. The minimum atomic E-state index is -4.54. The lowest BCUT2D eigenvalue weighted by atomic mass is 10.2. The molecule has 0 amide bonds. The van der Waals surface area contributed by atoms with E-state index in [1.165, 1.54) is 0 Å². The Morgan fingerprint density at radius 3 is 2.33 bits per heavy atom. The third-order valence-electron chi connectivity index (χ3n) is 2.26. The van der Waals surface area contributed by atoms with Crippen LogP contribution in [0.25, 0.3) is 0 Å². The van der Waals surface area contributed by atoms with Crippen molar-refractivity contribution in [3.05, 3.63) is 28.0 Å². The van der Waals surface area contributed by atoms with E-state index in [4.69, 9.17) is 33.4 Å². The van der Waals surface area contributed by atoms with E-state index in [1.54, 1.807) is 4.72 Å². The third-order valence-corrected chi connectivity index (χ3v) is 4.55. The van der Waals surface area contributed by atoms with Gasteiger partial charge in [0.25, 0.3) is 0 Å². The topological polar surface area (TPSA) is 121 Å². The van der Waals surface area contributed by atoms with E-state index < -0.39 is 55.2 Å². The van der Waals surface area contributed by atoms with E-state index in [0.717, 1.165) is 12.1 Å². The molecule has 0 saturated carbocycles. The van der Waals surface area contributed by atoms with E-state index >= 15 is 0 Å². The standard InChI is InChI=1S/C10H8Cl2FNO6S/c11-4-1-2-6(8(12)9(4)13)21(19,20)14-5(10(17)18)3-7(15)16/h1-2,5,14H,3H2,(H,15,16)(H,17,18)/t5-/m1/s1. The number of carboxylic acid groups (broad SMARTS) is 2. The average Bonchev–Trinajstić information content (AvgIpc) is 2.33. The van der Waals surface area contributed by atoms with Gasteiger partial charge in [0.2, 0.25) is 10.0 Å². The van der Waals surface area contributed by atoms with Gasteiger partial charge in [-0.15, -0.1) is 0 Å². The minimum Gasteiger partial charge on any atom is -0.481 e. The van der Waals surface area contributed by atoms with E-state index in [-0.39, 0.29) is 0 Å². The average molecular weight is 360 g/mol. The van der Waals surface area contributed by atoms with Gasteiger partial charge in [-0.1, -0.05) is 23.2 Å². The molecule has 1 rings (SSSR count). The van der Waals surface area contributed by atoms with Crippen LogP contribution in [0, 0.1) is 5.82 Å². The molecular formula is C10H8Cl2FNO6S. The number of carbonyl (C=O) groups is 2. The first-order valence-corrected chi connectivity index (χ1v) is 7.40. The van der Waals surface area contributed by atoms with Crippen molar-refractivity contribution < 1.29 is 32.6 Å². The molecule has 0 heterocycles. The molecule has 0 saturated heterocycles. The molecule has 1 aromatic carbocycles. The molecule has 21 heavy (non-hydrogen) atoms. The SMILES string of the molecule is O=C(O)C[C@@H](NS(=O)(=O)c1ccc(Cl)c(F)c1Cl)C(=O)O. The lowest BCUT2D eigenvalue weighted by Crippen LogP contribution is -2.42. The Morgan fingerprint density at radius 1 is 1.29 bits per heavy atom. The van der Waals surface area contributed by atoms with E-state index in [2.05, 4.69) is 0 Å². The Bertz CT molecular complexity index is 693. The smallest absolute Gasteiger partial charge is 0.322 e. The third kappa shape index (κ3) is 4.27. The second-order valence-corrected chi connectivity index (χ2v) is 6.25. The molecule has 3 N–H and O–H groups in total. The van der Waals surface area contributed by atoms with Crippen molar-refractivity contribution in [2.75, 3.05) is 0 Å². The fourth-order valence-corrected chi connectivity index (χ4v) is 3.25. The van der Waals surface area contributed by atoms with Gasteiger partial charge in [-0.3, -0.25) is 9.59 Å². The van der Waals surface area contributed by atoms with Crippen LogP contribution in [0.15, 0.2) is 17.0 Å². The molecule has 0 fully saturated rings. The number of hydrogen-bond donors (Lipinski definition) is 3. The predicted molar refractivity (Wildman–Crippen MR) is 70.4 cm³/mol. The minimum absolute atomic E-state index is 0.417. The highest BCUT2D eigenvalue weighted by atomic mass is 35.5. The molecule has 0 unspecified atom stereocenters. The van der Waals surface area contributed by atoms with Crippen molar-refractivity contribution in [1.29, 1.82) is 0 Å². The Kier molecular flexibility index (Phi) is 5.51. The summed E-state index contributed by atoms with van der Waals surface area (Å²) in [5.41, 5.74) is 0. The summed E-state index contributed by atoms with van der Waals surface area (Å²) in [7, 11) is -4.54. The van der Waals surface area contributed by atoms with Gasteiger partial charge in [-0.25, -0.2) is 12.8 Å². The lowest BCUT2D eigenvalue weighted by molar-refractivity contribution is -0.145. The summed E-state index contributed by atoms with van der Waals surface area (Å²) >= 11 is 10.9. The van der Waals surface area contributed by atoms with Crippen LogP contribution in [-0.4, -0.2) is 36.6 Å². The summed E-state index contributed by atoms with van der Waals surface area (Å²) in [5, 5.41) is 16.1. The monoisotopic (exact) mass is 359 g/mol. The van der Waals surface area contributed by atoms with Crippen LogP contribution in [0.3, 0.4) is 0 Å². The number of rotatable bonds is 6. The van der Waals surface area contributed by atoms with Crippen LogP contribution in [0.4, 0.5) is 4.39 Å². The quantitative estimate of drug-likeness (QED) is 0.659. The normalized spacial score (nSPS) is 12.9. The zero-order valence-electron chi connectivity index (χ0n) is 10.0. The first-order chi connectivity index (χ1) is 9.56. The van der Waals surface area contributed by atoms with Gasteiger partial charge in [0, 0.05) is 0 Å². The van der Waals surface area contributed by atoms with Crippen molar-refractivity contribution in [3.63, 3.8) is 0 Å². The highest BCUT2D eigenvalue weighted by Crippen LogP contribution is 2.29. The molecule has 0 spiro atoms. The van der Waals surface area contributed by atoms with Gasteiger partial charge in [-0.2, -0.15) is 4.72 Å². The van der Waals surface area contributed by atoms with Gasteiger partial charge < -0.3 is 10.2 Å². The van der Waals surface area contributed by atoms with Crippen LogP contribution < -0.4 is 4.72 Å². The molecule has 0 aromatic heterocycles. The molecule has 0 aliphatic heterocycles. The number of halogens is 3. The molecule has 1 atom stereocenters. The molecule has 116 valence electrons. The fraction of sp³-hybridized carbons (Fsp3) is 0.200. The molecule has 0 bridgehead atoms. The maximum Gasteiger partial charge on any atom is 0.322 e. The molecule has 7 nitrogen and oxygen atoms in total. The van der Waals surface area contributed by atoms with Crippen molar-refractivity contribution in [3.8, 4) is 0 Å². The Hall–Kier alpha value is -1.42. The first kappa shape index (κ1) is 17.6. The summed E-state index contributed by atoms with van der Waals surface area (Å²) in [5.74, 6) is -4.42. The highest BCUT2D eigenvalue weighted by Gasteiger charge is 2.30. The van der Waals surface area contributed by atoms with Crippen molar-refractivity contribution >= 4 is 45.2 Å². The first-order valence-electron chi connectivity index (χ1n) is 5.16. The Labute approximate surface area is 128 Å². The predicted octanol–water partition coefficient (Wildman–Crippen LogP) is 1.34. The van der Waals surface area contributed by atoms with Crippen LogP contribution in [0.2, 0.25) is 10.0 Å².